The lowest BCUT2D eigenvalue weighted by Gasteiger charge is -2.60. The Labute approximate surface area is 213 Å². The highest BCUT2D eigenvalue weighted by molar-refractivity contribution is 6.62. The Morgan fingerprint density at radius 2 is 1.72 bits per heavy atom. The van der Waals surface area contributed by atoms with E-state index in [1.807, 2.05) is 53.4 Å². The molecule has 0 aliphatic carbocycles. The average Bonchev–Trinajstić information content (AvgIpc) is 3.14. The first-order valence-corrected chi connectivity index (χ1v) is 12.8. The summed E-state index contributed by atoms with van der Waals surface area (Å²) in [6, 6.07) is 0. The molecule has 0 bridgehead atoms. The van der Waals surface area contributed by atoms with Crippen molar-refractivity contribution in [3.8, 4) is 0 Å². The normalized spacial score (nSPS) is 22.4. The van der Waals surface area contributed by atoms with Crippen LogP contribution in [-0.4, -0.2) is 71.1 Å². The molecule has 5 rings (SSSR count). The van der Waals surface area contributed by atoms with Crippen LogP contribution in [-0.2, 0) is 14.0 Å². The van der Waals surface area contributed by atoms with Crippen molar-refractivity contribution in [3.63, 3.8) is 0 Å². The van der Waals surface area contributed by atoms with E-state index in [0.29, 0.717) is 42.9 Å². The monoisotopic (exact) mass is 500 g/mol. The fraction of sp³-hybridized carbons (Fsp3) is 0.692. The Bertz CT molecular complexity index is 1190. The Kier molecular flexibility index (Phi) is 5.51. The van der Waals surface area contributed by atoms with E-state index in [0.717, 1.165) is 11.2 Å². The van der Waals surface area contributed by atoms with Crippen LogP contribution in [0, 0.1) is 11.2 Å². The number of likely N-dealkylation sites (tertiary alicyclic amines) is 1. The second-order valence-corrected chi connectivity index (χ2v) is 13.1. The molecule has 3 aliphatic rings. The van der Waals surface area contributed by atoms with Gasteiger partial charge in [-0.1, -0.05) is 13.8 Å². The van der Waals surface area contributed by atoms with Crippen molar-refractivity contribution in [2.24, 2.45) is 5.41 Å². The Balaban J connectivity index is 1.37. The van der Waals surface area contributed by atoms with Crippen molar-refractivity contribution in [2.45, 2.75) is 85.0 Å². The number of carbonyl (C=O) groups excluding carboxylic acids is 1. The molecule has 36 heavy (non-hydrogen) atoms. The number of aromatic amines is 1. The lowest BCUT2D eigenvalue weighted by Crippen LogP contribution is -2.73. The van der Waals surface area contributed by atoms with E-state index in [9.17, 15) is 4.79 Å². The van der Waals surface area contributed by atoms with E-state index >= 15 is 4.39 Å². The summed E-state index contributed by atoms with van der Waals surface area (Å²) in [5.41, 5.74) is 0.729. The summed E-state index contributed by atoms with van der Waals surface area (Å²) in [5, 5.41) is 0.546. The number of halogens is 1. The van der Waals surface area contributed by atoms with Crippen LogP contribution in [0.15, 0.2) is 6.20 Å². The summed E-state index contributed by atoms with van der Waals surface area (Å²) >= 11 is 0. The van der Waals surface area contributed by atoms with Crippen molar-refractivity contribution in [3.05, 3.63) is 17.6 Å². The molecule has 1 N–H and O–H groups in total. The van der Waals surface area contributed by atoms with Gasteiger partial charge in [0.1, 0.15) is 5.60 Å². The first kappa shape index (κ1) is 25.3. The highest BCUT2D eigenvalue weighted by Gasteiger charge is 2.55. The largest absolute Gasteiger partial charge is 0.512 e. The first-order chi connectivity index (χ1) is 16.5. The molecule has 0 atom stereocenters. The molecule has 2 aromatic heterocycles. The number of aromatic nitrogens is 2. The summed E-state index contributed by atoms with van der Waals surface area (Å²) in [6.07, 6.45) is 1.41. The van der Waals surface area contributed by atoms with E-state index < -0.39 is 23.9 Å². The summed E-state index contributed by atoms with van der Waals surface area (Å²) in [5.74, 6) is 0.0767. The molecular weight excluding hydrogens is 462 g/mol. The van der Waals surface area contributed by atoms with Gasteiger partial charge in [-0.3, -0.25) is 0 Å². The van der Waals surface area contributed by atoms with E-state index in [1.54, 1.807) is 11.1 Å². The molecule has 10 heteroatoms. The number of ether oxygens (including phenoxy) is 1. The lowest BCUT2D eigenvalue weighted by atomic mass is 9.73. The molecule has 3 fully saturated rings. The topological polar surface area (TPSA) is 79.9 Å². The molecule has 0 saturated carbocycles. The molecule has 3 saturated heterocycles. The zero-order valence-electron chi connectivity index (χ0n) is 22.9. The second-order valence-electron chi connectivity index (χ2n) is 13.1. The molecule has 8 nitrogen and oxygen atoms in total. The van der Waals surface area contributed by atoms with E-state index in [1.165, 1.54) is 0 Å². The minimum Gasteiger partial charge on any atom is -0.444 e. The maximum absolute atomic E-state index is 16.0. The molecule has 1 amide bonds. The number of carbonyl (C=O) groups is 1. The van der Waals surface area contributed by atoms with Crippen molar-refractivity contribution < 1.29 is 23.2 Å². The first-order valence-electron chi connectivity index (χ1n) is 12.8. The summed E-state index contributed by atoms with van der Waals surface area (Å²) in [4.78, 5) is 23.8. The van der Waals surface area contributed by atoms with Gasteiger partial charge in [0.05, 0.1) is 28.5 Å². The standard InChI is InChI=1S/C26H38BFN4O4/c1-15(2)17-18-16(30-20(17)27-35-24(6,7)25(8,9)36-27)10-29-21(19(18)28)31-11-26(12-31)13-32(14-26)22(33)34-23(3,4)5/h10,15,30H,11-14H2,1-9H3. The van der Waals surface area contributed by atoms with Gasteiger partial charge >= 0.3 is 13.2 Å². The average molecular weight is 500 g/mol. The third kappa shape index (κ3) is 3.97. The predicted molar refractivity (Wildman–Crippen MR) is 138 cm³/mol. The molecule has 0 radical (unpaired) electrons. The predicted octanol–water partition coefficient (Wildman–Crippen LogP) is 4.18. The SMILES string of the molecule is CC(C)c1c(B2OC(C)(C)C(C)(C)O2)[nH]c2cnc(N3CC4(CN(C(=O)OC(C)(C)C)C4)C3)c(F)c12. The van der Waals surface area contributed by atoms with Crippen LogP contribution >= 0.6 is 0 Å². The van der Waals surface area contributed by atoms with Gasteiger partial charge in [-0.2, -0.15) is 0 Å². The molecule has 2 aromatic rings. The van der Waals surface area contributed by atoms with E-state index in [2.05, 4.69) is 23.8 Å². The third-order valence-corrected chi connectivity index (χ3v) is 7.95. The Morgan fingerprint density at radius 1 is 1.14 bits per heavy atom. The van der Waals surface area contributed by atoms with Crippen molar-refractivity contribution in [1.82, 2.24) is 14.9 Å². The van der Waals surface area contributed by atoms with Gasteiger partial charge in [-0.25, -0.2) is 14.2 Å². The van der Waals surface area contributed by atoms with E-state index in [-0.39, 0.29) is 23.2 Å². The zero-order valence-corrected chi connectivity index (χ0v) is 22.9. The van der Waals surface area contributed by atoms with Gasteiger partial charge in [-0.15, -0.1) is 0 Å². The smallest absolute Gasteiger partial charge is 0.444 e. The molecule has 196 valence electrons. The maximum Gasteiger partial charge on any atom is 0.512 e. The van der Waals surface area contributed by atoms with Crippen LogP contribution in [0.2, 0.25) is 0 Å². The van der Waals surface area contributed by atoms with Gasteiger partial charge in [0, 0.05) is 37.0 Å². The summed E-state index contributed by atoms with van der Waals surface area (Å²) < 4.78 is 34.1. The van der Waals surface area contributed by atoms with Crippen molar-refractivity contribution in [2.75, 3.05) is 31.1 Å². The number of amides is 1. The van der Waals surface area contributed by atoms with Crippen LogP contribution in [0.4, 0.5) is 15.0 Å². The molecular formula is C26H38BFN4O4. The van der Waals surface area contributed by atoms with Crippen LogP contribution in [0.1, 0.15) is 73.8 Å². The van der Waals surface area contributed by atoms with Crippen LogP contribution < -0.4 is 10.5 Å². The van der Waals surface area contributed by atoms with Crippen LogP contribution in [0.25, 0.3) is 10.9 Å². The summed E-state index contributed by atoms with van der Waals surface area (Å²) in [6.45, 7) is 20.3. The second kappa shape index (κ2) is 7.84. The van der Waals surface area contributed by atoms with Gasteiger partial charge in [0.2, 0.25) is 0 Å². The number of hydrogen-bond acceptors (Lipinski definition) is 6. The fourth-order valence-electron chi connectivity index (χ4n) is 5.48. The fourth-order valence-corrected chi connectivity index (χ4v) is 5.48. The number of fused-ring (bicyclic) bond motifs is 1. The number of nitrogens with zero attached hydrogens (tertiary/aromatic N) is 3. The zero-order chi connectivity index (χ0) is 26.4. The molecule has 5 heterocycles. The lowest BCUT2D eigenvalue weighted by molar-refractivity contribution is -0.0456. The maximum atomic E-state index is 16.0. The van der Waals surface area contributed by atoms with Crippen LogP contribution in [0.5, 0.6) is 0 Å². The molecule has 3 aliphatic heterocycles. The third-order valence-electron chi connectivity index (χ3n) is 7.95. The number of hydrogen-bond donors (Lipinski definition) is 1. The summed E-state index contributed by atoms with van der Waals surface area (Å²) in [7, 11) is -0.608. The minimum absolute atomic E-state index is 0.0210. The number of nitrogens with one attached hydrogen (secondary N) is 1. The van der Waals surface area contributed by atoms with Crippen molar-refractivity contribution in [1.29, 1.82) is 0 Å². The van der Waals surface area contributed by atoms with Gasteiger partial charge in [0.15, 0.2) is 11.6 Å². The number of H-pyrrole nitrogens is 1. The highest BCUT2D eigenvalue weighted by Crippen LogP contribution is 2.44. The number of rotatable bonds is 3. The Morgan fingerprint density at radius 3 is 2.25 bits per heavy atom. The van der Waals surface area contributed by atoms with Gasteiger partial charge in [-0.05, 0) is 59.9 Å². The number of anilines is 1. The van der Waals surface area contributed by atoms with Crippen molar-refractivity contribution >= 4 is 35.5 Å². The quantitative estimate of drug-likeness (QED) is 0.638. The highest BCUT2D eigenvalue weighted by atomic mass is 19.1. The van der Waals surface area contributed by atoms with Gasteiger partial charge in [0.25, 0.3) is 0 Å². The molecule has 0 aromatic carbocycles. The Hall–Kier alpha value is -2.33. The van der Waals surface area contributed by atoms with E-state index in [4.69, 9.17) is 14.0 Å². The van der Waals surface area contributed by atoms with Crippen LogP contribution in [0.3, 0.4) is 0 Å². The molecule has 0 unspecified atom stereocenters. The number of pyridine rings is 1. The molecule has 1 spiro atoms. The minimum atomic E-state index is -0.608. The van der Waals surface area contributed by atoms with Gasteiger partial charge < -0.3 is 28.8 Å².